The molecule has 15 heavy (non-hydrogen) atoms. The van der Waals surface area contributed by atoms with E-state index < -0.39 is 6.10 Å². The molecule has 1 aliphatic rings. The molecule has 0 spiro atoms. The van der Waals surface area contributed by atoms with Crippen molar-refractivity contribution in [2.75, 3.05) is 24.6 Å². The molecule has 0 aromatic carbocycles. The van der Waals surface area contributed by atoms with Crippen molar-refractivity contribution in [2.45, 2.75) is 31.9 Å². The predicted molar refractivity (Wildman–Crippen MR) is 63.0 cm³/mol. The normalized spacial score (nSPS) is 23.5. The number of thioether (sulfide) groups is 1. The summed E-state index contributed by atoms with van der Waals surface area (Å²) in [5, 5.41) is 15.4. The number of aliphatic hydroxyl groups excluding tert-OH is 1. The maximum atomic E-state index is 11.6. The minimum atomic E-state index is -0.407. The Kier molecular flexibility index (Phi) is 6.05. The number of hydrogen-bond donors (Lipinski definition) is 3. The highest BCUT2D eigenvalue weighted by Gasteiger charge is 2.20. The summed E-state index contributed by atoms with van der Waals surface area (Å²) in [6.07, 6.45) is 1.28. The van der Waals surface area contributed by atoms with Gasteiger partial charge < -0.3 is 15.7 Å². The van der Waals surface area contributed by atoms with Gasteiger partial charge >= 0.3 is 0 Å². The van der Waals surface area contributed by atoms with Crippen molar-refractivity contribution < 1.29 is 9.90 Å². The maximum absolute atomic E-state index is 11.6. The van der Waals surface area contributed by atoms with Crippen LogP contribution in [0, 0.1) is 0 Å². The van der Waals surface area contributed by atoms with Crippen molar-refractivity contribution in [3.05, 3.63) is 0 Å². The Balaban J connectivity index is 2.16. The van der Waals surface area contributed by atoms with E-state index in [9.17, 15) is 9.90 Å². The summed E-state index contributed by atoms with van der Waals surface area (Å²) in [5.74, 6) is 1.91. The zero-order chi connectivity index (χ0) is 11.1. The van der Waals surface area contributed by atoms with Gasteiger partial charge in [0.15, 0.2) is 0 Å². The molecule has 88 valence electrons. The molecular formula is C10H20N2O2S. The topological polar surface area (TPSA) is 61.4 Å². The first-order valence-corrected chi connectivity index (χ1v) is 6.66. The van der Waals surface area contributed by atoms with Crippen LogP contribution in [0.1, 0.15) is 19.8 Å². The van der Waals surface area contributed by atoms with E-state index in [1.54, 1.807) is 11.8 Å². The van der Waals surface area contributed by atoms with Gasteiger partial charge in [0.2, 0.25) is 5.91 Å². The van der Waals surface area contributed by atoms with Crippen molar-refractivity contribution in [1.82, 2.24) is 10.6 Å². The number of rotatable bonds is 5. The fraction of sp³-hybridized carbons (Fsp3) is 0.900. The first-order valence-electron chi connectivity index (χ1n) is 5.51. The predicted octanol–water partition coefficient (Wildman–Crippen LogP) is -0.0314. The van der Waals surface area contributed by atoms with Crippen LogP contribution in [0.15, 0.2) is 0 Å². The van der Waals surface area contributed by atoms with Crippen molar-refractivity contribution in [3.63, 3.8) is 0 Å². The molecule has 1 heterocycles. The van der Waals surface area contributed by atoms with Crippen LogP contribution in [0.2, 0.25) is 0 Å². The summed E-state index contributed by atoms with van der Waals surface area (Å²) in [4.78, 5) is 11.6. The van der Waals surface area contributed by atoms with Gasteiger partial charge in [0.05, 0.1) is 12.1 Å². The third kappa shape index (κ3) is 4.86. The standard InChI is InChI=1S/C10H20N2O2S/c1-2-3-8(13)6-12-10(14)9-7-15-5-4-11-9/h8-9,11,13H,2-7H2,1H3,(H,12,14). The van der Waals surface area contributed by atoms with Gasteiger partial charge in [0, 0.05) is 24.6 Å². The monoisotopic (exact) mass is 232 g/mol. The Morgan fingerprint density at radius 3 is 3.13 bits per heavy atom. The molecule has 1 saturated heterocycles. The summed E-state index contributed by atoms with van der Waals surface area (Å²) < 4.78 is 0. The Labute approximate surface area is 95.2 Å². The van der Waals surface area contributed by atoms with Crippen LogP contribution in [0.25, 0.3) is 0 Å². The molecule has 4 nitrogen and oxygen atoms in total. The van der Waals surface area contributed by atoms with Gasteiger partial charge in [-0.2, -0.15) is 11.8 Å². The molecule has 1 fully saturated rings. The first-order chi connectivity index (χ1) is 7.24. The average Bonchev–Trinajstić information content (AvgIpc) is 2.27. The maximum Gasteiger partial charge on any atom is 0.238 e. The molecule has 5 heteroatoms. The molecule has 0 aromatic heterocycles. The van der Waals surface area contributed by atoms with E-state index in [4.69, 9.17) is 0 Å². The number of carbonyl (C=O) groups excluding carboxylic acids is 1. The Morgan fingerprint density at radius 2 is 2.53 bits per heavy atom. The van der Waals surface area contributed by atoms with Gasteiger partial charge in [-0.05, 0) is 6.42 Å². The second kappa shape index (κ2) is 7.09. The number of nitrogens with one attached hydrogen (secondary N) is 2. The highest BCUT2D eigenvalue weighted by molar-refractivity contribution is 7.99. The zero-order valence-electron chi connectivity index (χ0n) is 9.16. The molecule has 1 aliphatic heterocycles. The lowest BCUT2D eigenvalue weighted by molar-refractivity contribution is -0.123. The van der Waals surface area contributed by atoms with Crippen LogP contribution >= 0.6 is 11.8 Å². The van der Waals surface area contributed by atoms with E-state index in [0.29, 0.717) is 6.54 Å². The van der Waals surface area contributed by atoms with Crippen molar-refractivity contribution >= 4 is 17.7 Å². The van der Waals surface area contributed by atoms with Crippen LogP contribution in [0.3, 0.4) is 0 Å². The Morgan fingerprint density at radius 1 is 1.73 bits per heavy atom. The molecule has 3 N–H and O–H groups in total. The van der Waals surface area contributed by atoms with Gasteiger partial charge in [-0.15, -0.1) is 0 Å². The average molecular weight is 232 g/mol. The lowest BCUT2D eigenvalue weighted by Gasteiger charge is -2.22. The third-order valence-corrected chi connectivity index (χ3v) is 3.43. The van der Waals surface area contributed by atoms with E-state index in [-0.39, 0.29) is 11.9 Å². The van der Waals surface area contributed by atoms with Crippen LogP contribution in [-0.4, -0.2) is 47.8 Å². The van der Waals surface area contributed by atoms with Crippen LogP contribution in [0.4, 0.5) is 0 Å². The Hall–Kier alpha value is -0.260. The van der Waals surface area contributed by atoms with Crippen LogP contribution in [0.5, 0.6) is 0 Å². The Bertz CT molecular complexity index is 196. The number of hydrogen-bond acceptors (Lipinski definition) is 4. The molecule has 1 amide bonds. The van der Waals surface area contributed by atoms with Gasteiger partial charge in [0.25, 0.3) is 0 Å². The zero-order valence-corrected chi connectivity index (χ0v) is 9.98. The molecule has 0 aromatic rings. The third-order valence-electron chi connectivity index (χ3n) is 2.37. The highest BCUT2D eigenvalue weighted by Crippen LogP contribution is 2.07. The van der Waals surface area contributed by atoms with Crippen LogP contribution < -0.4 is 10.6 Å². The summed E-state index contributed by atoms with van der Waals surface area (Å²) >= 11 is 1.79. The second-order valence-electron chi connectivity index (χ2n) is 3.77. The van der Waals surface area contributed by atoms with E-state index in [0.717, 1.165) is 30.9 Å². The largest absolute Gasteiger partial charge is 0.391 e. The minimum absolute atomic E-state index is 0.0114. The number of amides is 1. The van der Waals surface area contributed by atoms with E-state index in [1.807, 2.05) is 6.92 Å². The number of carbonyl (C=O) groups is 1. The van der Waals surface area contributed by atoms with E-state index >= 15 is 0 Å². The van der Waals surface area contributed by atoms with Crippen molar-refractivity contribution in [1.29, 1.82) is 0 Å². The first kappa shape index (κ1) is 12.8. The fourth-order valence-corrected chi connectivity index (χ4v) is 2.44. The lowest BCUT2D eigenvalue weighted by atomic mass is 10.2. The molecule has 1 rings (SSSR count). The van der Waals surface area contributed by atoms with Crippen molar-refractivity contribution in [2.24, 2.45) is 0 Å². The van der Waals surface area contributed by atoms with Gasteiger partial charge in [-0.1, -0.05) is 13.3 Å². The molecule has 0 aliphatic carbocycles. The highest BCUT2D eigenvalue weighted by atomic mass is 32.2. The molecule has 0 saturated carbocycles. The van der Waals surface area contributed by atoms with Gasteiger partial charge in [-0.25, -0.2) is 0 Å². The molecule has 2 atom stereocenters. The second-order valence-corrected chi connectivity index (χ2v) is 4.92. The smallest absolute Gasteiger partial charge is 0.238 e. The minimum Gasteiger partial charge on any atom is -0.391 e. The summed E-state index contributed by atoms with van der Waals surface area (Å²) in [6.45, 7) is 3.28. The summed E-state index contributed by atoms with van der Waals surface area (Å²) in [5.41, 5.74) is 0. The molecule has 0 radical (unpaired) electrons. The quantitative estimate of drug-likeness (QED) is 0.623. The lowest BCUT2D eigenvalue weighted by Crippen LogP contribution is -2.50. The van der Waals surface area contributed by atoms with Crippen LogP contribution in [-0.2, 0) is 4.79 Å². The van der Waals surface area contributed by atoms with E-state index in [1.165, 1.54) is 0 Å². The number of aliphatic hydroxyl groups is 1. The van der Waals surface area contributed by atoms with E-state index in [2.05, 4.69) is 10.6 Å². The molecule has 0 bridgehead atoms. The molecule has 2 unspecified atom stereocenters. The SMILES string of the molecule is CCCC(O)CNC(=O)C1CSCCN1. The summed E-state index contributed by atoms with van der Waals surface area (Å²) in [7, 11) is 0. The fourth-order valence-electron chi connectivity index (χ4n) is 1.51. The molecular weight excluding hydrogens is 212 g/mol. The van der Waals surface area contributed by atoms with Crippen molar-refractivity contribution in [3.8, 4) is 0 Å². The summed E-state index contributed by atoms with van der Waals surface area (Å²) in [6, 6.07) is -0.0856. The van der Waals surface area contributed by atoms with Gasteiger partial charge in [-0.3, -0.25) is 4.79 Å². The van der Waals surface area contributed by atoms with Gasteiger partial charge in [0.1, 0.15) is 0 Å².